The van der Waals surface area contributed by atoms with Crippen molar-refractivity contribution in [1.82, 2.24) is 10.3 Å². The lowest BCUT2D eigenvalue weighted by Gasteiger charge is -2.30. The Balaban J connectivity index is 1.70. The Labute approximate surface area is 131 Å². The van der Waals surface area contributed by atoms with E-state index < -0.39 is 0 Å². The van der Waals surface area contributed by atoms with Crippen LogP contribution in [0.2, 0.25) is 0 Å². The minimum absolute atomic E-state index is 0.591. The van der Waals surface area contributed by atoms with Crippen molar-refractivity contribution in [3.8, 4) is 0 Å². The minimum Gasteiger partial charge on any atom is -0.381 e. The molecule has 0 radical (unpaired) electrons. The van der Waals surface area contributed by atoms with Crippen LogP contribution in [0, 0.1) is 0 Å². The van der Waals surface area contributed by atoms with Gasteiger partial charge in [0.2, 0.25) is 0 Å². The van der Waals surface area contributed by atoms with Crippen molar-refractivity contribution in [3.05, 3.63) is 10.6 Å². The molecule has 1 N–H and O–H groups in total. The summed E-state index contributed by atoms with van der Waals surface area (Å²) in [6, 6.07) is 0.591. The van der Waals surface area contributed by atoms with Crippen molar-refractivity contribution in [2.24, 2.45) is 0 Å². The average molecular weight is 309 g/mol. The van der Waals surface area contributed by atoms with Gasteiger partial charge < -0.3 is 15.0 Å². The van der Waals surface area contributed by atoms with Gasteiger partial charge in [0.05, 0.1) is 5.69 Å². The lowest BCUT2D eigenvalue weighted by molar-refractivity contribution is 0.0855. The van der Waals surface area contributed by atoms with Crippen LogP contribution in [-0.2, 0) is 11.3 Å². The molecule has 5 heteroatoms. The van der Waals surface area contributed by atoms with E-state index in [1.165, 1.54) is 35.0 Å². The van der Waals surface area contributed by atoms with Crippen molar-refractivity contribution < 1.29 is 4.74 Å². The van der Waals surface area contributed by atoms with Gasteiger partial charge in [-0.1, -0.05) is 6.92 Å². The van der Waals surface area contributed by atoms with E-state index in [-0.39, 0.29) is 0 Å². The maximum absolute atomic E-state index is 5.47. The normalized spacial score (nSPS) is 19.9. The van der Waals surface area contributed by atoms with E-state index in [0.29, 0.717) is 6.04 Å². The maximum Gasteiger partial charge on any atom is 0.185 e. The van der Waals surface area contributed by atoms with Crippen molar-refractivity contribution >= 4 is 16.5 Å². The molecule has 21 heavy (non-hydrogen) atoms. The molecule has 3 rings (SSSR count). The first-order valence-corrected chi connectivity index (χ1v) is 9.12. The molecule has 1 aromatic heterocycles. The fraction of sp³-hybridized carbons (Fsp3) is 0.812. The zero-order valence-electron chi connectivity index (χ0n) is 13.2. The summed E-state index contributed by atoms with van der Waals surface area (Å²) in [6.07, 6.45) is 6.08. The first-order valence-electron chi connectivity index (χ1n) is 8.30. The minimum atomic E-state index is 0.591. The highest BCUT2D eigenvalue weighted by molar-refractivity contribution is 7.15. The molecule has 0 amide bonds. The van der Waals surface area contributed by atoms with Crippen LogP contribution in [0.1, 0.15) is 55.5 Å². The van der Waals surface area contributed by atoms with Gasteiger partial charge in [-0.25, -0.2) is 4.98 Å². The predicted octanol–water partition coefficient (Wildman–Crippen LogP) is 3.14. The van der Waals surface area contributed by atoms with Gasteiger partial charge in [0.1, 0.15) is 0 Å². The highest BCUT2D eigenvalue weighted by Crippen LogP contribution is 2.44. The molecular formula is C16H27N3OS. The van der Waals surface area contributed by atoms with E-state index in [1.807, 2.05) is 11.3 Å². The molecule has 2 fully saturated rings. The molecule has 0 aromatic carbocycles. The number of aromatic nitrogens is 1. The molecule has 0 spiro atoms. The Morgan fingerprint density at radius 2 is 2.05 bits per heavy atom. The Bertz CT molecular complexity index is 452. The Hall–Kier alpha value is -0.650. The first-order chi connectivity index (χ1) is 10.3. The second kappa shape index (κ2) is 7.07. The summed E-state index contributed by atoms with van der Waals surface area (Å²) in [5, 5.41) is 4.74. The largest absolute Gasteiger partial charge is 0.381 e. The molecule has 1 aliphatic heterocycles. The van der Waals surface area contributed by atoms with Gasteiger partial charge in [0.15, 0.2) is 5.13 Å². The molecule has 0 bridgehead atoms. The molecule has 2 heterocycles. The second-order valence-electron chi connectivity index (χ2n) is 6.21. The second-order valence-corrected chi connectivity index (χ2v) is 7.27. The highest BCUT2D eigenvalue weighted by Gasteiger charge is 2.31. The third-order valence-corrected chi connectivity index (χ3v) is 5.59. The Kier molecular flexibility index (Phi) is 5.14. The van der Waals surface area contributed by atoms with E-state index in [0.717, 1.165) is 45.1 Å². The number of hydrogen-bond acceptors (Lipinski definition) is 5. The van der Waals surface area contributed by atoms with Gasteiger partial charge >= 0.3 is 0 Å². The van der Waals surface area contributed by atoms with Crippen LogP contribution in [0.4, 0.5) is 5.13 Å². The zero-order chi connectivity index (χ0) is 14.7. The van der Waals surface area contributed by atoms with Gasteiger partial charge in [-0.05, 0) is 38.6 Å². The number of hydrogen-bond donors (Lipinski definition) is 1. The highest BCUT2D eigenvalue weighted by atomic mass is 32.1. The molecular weight excluding hydrogens is 282 g/mol. The summed E-state index contributed by atoms with van der Waals surface area (Å²) in [7, 11) is 2.20. The zero-order valence-corrected chi connectivity index (χ0v) is 14.0. The molecule has 1 aromatic rings. The van der Waals surface area contributed by atoms with Crippen LogP contribution in [-0.4, -0.2) is 37.8 Å². The smallest absolute Gasteiger partial charge is 0.185 e. The van der Waals surface area contributed by atoms with Crippen LogP contribution in [0.15, 0.2) is 0 Å². The lowest BCUT2D eigenvalue weighted by atomic mass is 10.1. The quantitative estimate of drug-likeness (QED) is 0.785. The lowest BCUT2D eigenvalue weighted by Crippen LogP contribution is -2.36. The van der Waals surface area contributed by atoms with Crippen LogP contribution in [0.25, 0.3) is 0 Å². The van der Waals surface area contributed by atoms with Gasteiger partial charge in [-0.15, -0.1) is 11.3 Å². The number of rotatable bonds is 7. The van der Waals surface area contributed by atoms with Crippen molar-refractivity contribution in [2.45, 2.75) is 57.5 Å². The fourth-order valence-electron chi connectivity index (χ4n) is 2.91. The van der Waals surface area contributed by atoms with Crippen molar-refractivity contribution in [1.29, 1.82) is 0 Å². The topological polar surface area (TPSA) is 37.4 Å². The van der Waals surface area contributed by atoms with E-state index in [2.05, 4.69) is 24.2 Å². The number of anilines is 1. The maximum atomic E-state index is 5.47. The van der Waals surface area contributed by atoms with Crippen molar-refractivity contribution in [2.75, 3.05) is 31.7 Å². The van der Waals surface area contributed by atoms with Crippen LogP contribution >= 0.6 is 11.3 Å². The molecule has 0 unspecified atom stereocenters. The van der Waals surface area contributed by atoms with E-state index in [1.54, 1.807) is 0 Å². The van der Waals surface area contributed by atoms with E-state index >= 15 is 0 Å². The SMILES string of the molecule is CCCNCc1sc(N(C)C2CCOCC2)nc1C1CC1. The number of nitrogens with one attached hydrogen (secondary N) is 1. The number of ether oxygens (including phenoxy) is 1. The van der Waals surface area contributed by atoms with E-state index in [9.17, 15) is 0 Å². The summed E-state index contributed by atoms with van der Waals surface area (Å²) in [5.74, 6) is 0.733. The number of thiazole rings is 1. The molecule has 1 saturated carbocycles. The Morgan fingerprint density at radius 1 is 1.29 bits per heavy atom. The third kappa shape index (κ3) is 3.76. The van der Waals surface area contributed by atoms with Crippen molar-refractivity contribution in [3.63, 3.8) is 0 Å². The predicted molar refractivity (Wildman–Crippen MR) is 88.3 cm³/mol. The standard InChI is InChI=1S/C16H27N3OS/c1-3-8-17-11-14-15(12-4-5-12)18-16(21-14)19(2)13-6-9-20-10-7-13/h12-13,17H,3-11H2,1-2H3. The Morgan fingerprint density at radius 3 is 2.71 bits per heavy atom. The van der Waals surface area contributed by atoms with Gasteiger partial charge in [-0.3, -0.25) is 0 Å². The molecule has 4 nitrogen and oxygen atoms in total. The molecule has 118 valence electrons. The monoisotopic (exact) mass is 309 g/mol. The summed E-state index contributed by atoms with van der Waals surface area (Å²) in [4.78, 5) is 8.84. The fourth-order valence-corrected chi connectivity index (χ4v) is 4.06. The third-order valence-electron chi connectivity index (χ3n) is 4.43. The molecule has 1 saturated heterocycles. The summed E-state index contributed by atoms with van der Waals surface area (Å²) in [6.45, 7) is 6.07. The average Bonchev–Trinajstić information content (AvgIpc) is 3.28. The van der Waals surface area contributed by atoms with Gasteiger partial charge in [0.25, 0.3) is 0 Å². The molecule has 2 aliphatic rings. The van der Waals surface area contributed by atoms with Gasteiger partial charge in [0, 0.05) is 43.6 Å². The summed E-state index contributed by atoms with van der Waals surface area (Å²) < 4.78 is 5.47. The molecule has 0 atom stereocenters. The molecule has 1 aliphatic carbocycles. The summed E-state index contributed by atoms with van der Waals surface area (Å²) in [5.41, 5.74) is 1.37. The summed E-state index contributed by atoms with van der Waals surface area (Å²) >= 11 is 1.89. The first kappa shape index (κ1) is 15.3. The van der Waals surface area contributed by atoms with Crippen LogP contribution in [0.5, 0.6) is 0 Å². The van der Waals surface area contributed by atoms with E-state index in [4.69, 9.17) is 9.72 Å². The van der Waals surface area contributed by atoms with Gasteiger partial charge in [-0.2, -0.15) is 0 Å². The number of nitrogens with zero attached hydrogens (tertiary/aromatic N) is 2. The van der Waals surface area contributed by atoms with Crippen LogP contribution < -0.4 is 10.2 Å². The van der Waals surface area contributed by atoms with Crippen LogP contribution in [0.3, 0.4) is 0 Å².